The highest BCUT2D eigenvalue weighted by Gasteiger charge is 2.21. The summed E-state index contributed by atoms with van der Waals surface area (Å²) in [5, 5.41) is 8.35. The van der Waals surface area contributed by atoms with Crippen molar-refractivity contribution in [2.45, 2.75) is 45.6 Å². The van der Waals surface area contributed by atoms with Gasteiger partial charge in [-0.2, -0.15) is 5.10 Å². The van der Waals surface area contributed by atoms with E-state index < -0.39 is 0 Å². The molecule has 2 N–H and O–H groups in total. The average molecular weight is 333 g/mol. The lowest BCUT2D eigenvalue weighted by atomic mass is 9.86. The predicted molar refractivity (Wildman–Crippen MR) is 95.1 cm³/mol. The zero-order valence-electron chi connectivity index (χ0n) is 13.6. The van der Waals surface area contributed by atoms with E-state index in [-0.39, 0.29) is 6.79 Å². The van der Waals surface area contributed by atoms with Crippen LogP contribution in [0.1, 0.15) is 45.1 Å². The van der Waals surface area contributed by atoms with Gasteiger partial charge in [0.15, 0.2) is 16.6 Å². The van der Waals surface area contributed by atoms with Crippen molar-refractivity contribution in [3.05, 3.63) is 23.8 Å². The molecule has 0 spiro atoms. The Morgan fingerprint density at radius 1 is 1.22 bits per heavy atom. The largest absolute Gasteiger partial charge is 0.454 e. The summed E-state index contributed by atoms with van der Waals surface area (Å²) in [6.45, 7) is 4.50. The number of ether oxygens (including phenoxy) is 2. The Labute approximate surface area is 142 Å². The Balaban J connectivity index is 1.57. The zero-order valence-corrected chi connectivity index (χ0v) is 14.4. The summed E-state index contributed by atoms with van der Waals surface area (Å²) in [5.41, 5.74) is 4.79. The van der Waals surface area contributed by atoms with Gasteiger partial charge in [-0.25, -0.2) is 0 Å². The second-order valence-electron chi connectivity index (χ2n) is 6.22. The molecule has 23 heavy (non-hydrogen) atoms. The first-order chi connectivity index (χ1) is 11.1. The summed E-state index contributed by atoms with van der Waals surface area (Å²) < 4.78 is 10.7. The van der Waals surface area contributed by atoms with Gasteiger partial charge in [-0.15, -0.1) is 0 Å². The highest BCUT2D eigenvalue weighted by Crippen LogP contribution is 2.32. The fourth-order valence-electron chi connectivity index (χ4n) is 3.05. The van der Waals surface area contributed by atoms with Crippen LogP contribution in [-0.4, -0.2) is 23.7 Å². The van der Waals surface area contributed by atoms with Gasteiger partial charge in [-0.1, -0.05) is 19.8 Å². The van der Waals surface area contributed by atoms with Crippen LogP contribution >= 0.6 is 12.2 Å². The van der Waals surface area contributed by atoms with Crippen molar-refractivity contribution in [3.8, 4) is 11.5 Å². The molecule has 1 heterocycles. The van der Waals surface area contributed by atoms with Crippen LogP contribution in [0.5, 0.6) is 11.5 Å². The second kappa shape index (κ2) is 7.17. The number of nitrogens with zero attached hydrogens (tertiary/aromatic N) is 1. The zero-order chi connectivity index (χ0) is 16.2. The third-order valence-electron chi connectivity index (χ3n) is 4.54. The van der Waals surface area contributed by atoms with Crippen LogP contribution in [0.4, 0.5) is 0 Å². The predicted octanol–water partition coefficient (Wildman–Crippen LogP) is 3.18. The molecule has 2 atom stereocenters. The van der Waals surface area contributed by atoms with E-state index in [1.54, 1.807) is 0 Å². The fourth-order valence-corrected chi connectivity index (χ4v) is 3.25. The number of benzene rings is 1. The maximum absolute atomic E-state index is 5.39. The third kappa shape index (κ3) is 3.93. The van der Waals surface area contributed by atoms with E-state index in [2.05, 4.69) is 22.8 Å². The number of hydrazone groups is 1. The summed E-state index contributed by atoms with van der Waals surface area (Å²) >= 11 is 5.36. The Hall–Kier alpha value is -1.82. The second-order valence-corrected chi connectivity index (χ2v) is 6.63. The maximum Gasteiger partial charge on any atom is 0.231 e. The number of nitrogens with one attached hydrogen (secondary N) is 2. The molecule has 0 bridgehead atoms. The van der Waals surface area contributed by atoms with Crippen LogP contribution in [0.15, 0.2) is 23.3 Å². The molecule has 0 aromatic heterocycles. The molecule has 1 aromatic carbocycles. The van der Waals surface area contributed by atoms with Gasteiger partial charge in [-0.05, 0) is 56.1 Å². The molecular formula is C17H23N3O2S. The Morgan fingerprint density at radius 2 is 2.00 bits per heavy atom. The van der Waals surface area contributed by atoms with Crippen LogP contribution < -0.4 is 20.2 Å². The van der Waals surface area contributed by atoms with Gasteiger partial charge in [0.25, 0.3) is 0 Å². The molecule has 6 heteroatoms. The van der Waals surface area contributed by atoms with E-state index in [4.69, 9.17) is 21.7 Å². The van der Waals surface area contributed by atoms with Crippen LogP contribution in [0, 0.1) is 5.92 Å². The Morgan fingerprint density at radius 3 is 2.83 bits per heavy atom. The molecule has 0 unspecified atom stereocenters. The van der Waals surface area contributed by atoms with Crippen molar-refractivity contribution in [3.63, 3.8) is 0 Å². The molecule has 0 saturated heterocycles. The molecular weight excluding hydrogens is 310 g/mol. The standard InChI is InChI=1S/C17H23N3O2S/c1-11-5-3-4-6-14(11)18-17(23)20-19-12(2)13-7-8-15-16(9-13)22-10-21-15/h7-9,11,14H,3-6,10H2,1-2H3,(H2,18,20,23)/b19-12-/t11-,14-/m0/s1. The SMILES string of the molecule is C/C(=N/NC(=S)N[C@H]1CCCC[C@@H]1C)c1ccc2c(c1)OCO2. The summed E-state index contributed by atoms with van der Waals surface area (Å²) in [5.74, 6) is 2.19. The first-order valence-electron chi connectivity index (χ1n) is 8.14. The molecule has 124 valence electrons. The lowest BCUT2D eigenvalue weighted by Crippen LogP contribution is -2.44. The van der Waals surface area contributed by atoms with Crippen molar-refractivity contribution < 1.29 is 9.47 Å². The number of thiocarbonyl (C=S) groups is 1. The number of rotatable bonds is 3. The van der Waals surface area contributed by atoms with Gasteiger partial charge in [0, 0.05) is 11.6 Å². The van der Waals surface area contributed by atoms with E-state index in [9.17, 15) is 0 Å². The molecule has 1 fully saturated rings. The first-order valence-corrected chi connectivity index (χ1v) is 8.55. The van der Waals surface area contributed by atoms with Gasteiger partial charge < -0.3 is 14.8 Å². The summed E-state index contributed by atoms with van der Waals surface area (Å²) in [7, 11) is 0. The lowest BCUT2D eigenvalue weighted by molar-refractivity contribution is 0.174. The van der Waals surface area contributed by atoms with E-state index in [0.29, 0.717) is 17.1 Å². The van der Waals surface area contributed by atoms with Crippen molar-refractivity contribution >= 4 is 23.0 Å². The molecule has 3 rings (SSSR count). The van der Waals surface area contributed by atoms with Gasteiger partial charge in [0.05, 0.1) is 5.71 Å². The highest BCUT2D eigenvalue weighted by molar-refractivity contribution is 7.80. The molecule has 5 nitrogen and oxygen atoms in total. The van der Waals surface area contributed by atoms with Gasteiger partial charge >= 0.3 is 0 Å². The van der Waals surface area contributed by atoms with E-state index in [0.717, 1.165) is 22.8 Å². The van der Waals surface area contributed by atoms with Crippen LogP contribution in [0.3, 0.4) is 0 Å². The van der Waals surface area contributed by atoms with E-state index >= 15 is 0 Å². The average Bonchev–Trinajstić information content (AvgIpc) is 3.02. The smallest absolute Gasteiger partial charge is 0.231 e. The van der Waals surface area contributed by atoms with Gasteiger partial charge in [-0.3, -0.25) is 5.43 Å². The summed E-state index contributed by atoms with van der Waals surface area (Å²) in [6.07, 6.45) is 5.03. The lowest BCUT2D eigenvalue weighted by Gasteiger charge is -2.30. The Bertz CT molecular complexity index is 618. The summed E-state index contributed by atoms with van der Waals surface area (Å²) in [4.78, 5) is 0. The van der Waals surface area contributed by atoms with Crippen molar-refractivity contribution in [1.29, 1.82) is 0 Å². The quantitative estimate of drug-likeness (QED) is 0.505. The molecule has 1 aromatic rings. The molecule has 1 saturated carbocycles. The molecule has 0 radical (unpaired) electrons. The minimum atomic E-state index is 0.279. The Kier molecular flexibility index (Phi) is 5.00. The highest BCUT2D eigenvalue weighted by atomic mass is 32.1. The maximum atomic E-state index is 5.39. The number of fused-ring (bicyclic) bond motifs is 1. The van der Waals surface area contributed by atoms with Crippen molar-refractivity contribution in [2.75, 3.05) is 6.79 Å². The van der Waals surface area contributed by atoms with Gasteiger partial charge in [0.2, 0.25) is 6.79 Å². The third-order valence-corrected chi connectivity index (χ3v) is 4.75. The van der Waals surface area contributed by atoms with Gasteiger partial charge in [0.1, 0.15) is 0 Å². The first kappa shape index (κ1) is 16.1. The molecule has 2 aliphatic rings. The minimum absolute atomic E-state index is 0.279. The van der Waals surface area contributed by atoms with Crippen molar-refractivity contribution in [2.24, 2.45) is 11.0 Å². The molecule has 0 amide bonds. The minimum Gasteiger partial charge on any atom is -0.454 e. The van der Waals surface area contributed by atoms with Crippen molar-refractivity contribution in [1.82, 2.24) is 10.7 Å². The van der Waals surface area contributed by atoms with Crippen LogP contribution in [0.25, 0.3) is 0 Å². The van der Waals surface area contributed by atoms with E-state index in [1.165, 1.54) is 25.7 Å². The molecule has 1 aliphatic carbocycles. The molecule has 1 aliphatic heterocycles. The van der Waals surface area contributed by atoms with Crippen LogP contribution in [0.2, 0.25) is 0 Å². The number of hydrogen-bond acceptors (Lipinski definition) is 4. The van der Waals surface area contributed by atoms with E-state index in [1.807, 2.05) is 25.1 Å². The topological polar surface area (TPSA) is 54.9 Å². The number of hydrogen-bond donors (Lipinski definition) is 2. The normalized spacial score (nSPS) is 23.5. The fraction of sp³-hybridized carbons (Fsp3) is 0.529. The summed E-state index contributed by atoms with van der Waals surface area (Å²) in [6, 6.07) is 6.25. The van der Waals surface area contributed by atoms with Crippen LogP contribution in [-0.2, 0) is 0 Å². The monoisotopic (exact) mass is 333 g/mol.